The van der Waals surface area contributed by atoms with Gasteiger partial charge in [0.1, 0.15) is 6.33 Å². The van der Waals surface area contributed by atoms with Crippen LogP contribution in [0.2, 0.25) is 0 Å². The summed E-state index contributed by atoms with van der Waals surface area (Å²) in [5, 5.41) is 10.1. The molecule has 0 radical (unpaired) electrons. The highest BCUT2D eigenvalue weighted by Crippen LogP contribution is 2.37. The van der Waals surface area contributed by atoms with Crippen molar-refractivity contribution >= 4 is 31.6 Å². The third-order valence-electron chi connectivity index (χ3n) is 3.45. The van der Waals surface area contributed by atoms with Gasteiger partial charge < -0.3 is 0 Å². The molecule has 3 rings (SSSR count). The number of benzene rings is 1. The summed E-state index contributed by atoms with van der Waals surface area (Å²) in [7, 11) is 0. The lowest BCUT2D eigenvalue weighted by Crippen LogP contribution is -2.00. The minimum absolute atomic E-state index is 0.0179. The van der Waals surface area contributed by atoms with E-state index in [4.69, 9.17) is 5.26 Å². The van der Waals surface area contributed by atoms with Gasteiger partial charge in [-0.2, -0.15) is 5.26 Å². The highest BCUT2D eigenvalue weighted by Gasteiger charge is 2.17. The van der Waals surface area contributed by atoms with Crippen molar-refractivity contribution in [1.82, 2.24) is 9.97 Å². The van der Waals surface area contributed by atoms with E-state index in [9.17, 15) is 0 Å². The van der Waals surface area contributed by atoms with Gasteiger partial charge in [0.15, 0.2) is 0 Å². The number of rotatable bonds is 4. The molecule has 0 saturated carbocycles. The van der Waals surface area contributed by atoms with Crippen LogP contribution in [-0.2, 0) is 0 Å². The molecule has 1 aromatic carbocycles. The van der Waals surface area contributed by atoms with Gasteiger partial charge in [-0.15, -0.1) is 17.9 Å². The van der Waals surface area contributed by atoms with Gasteiger partial charge in [-0.3, -0.25) is 0 Å². The van der Waals surface area contributed by atoms with Gasteiger partial charge in [0, 0.05) is 21.6 Å². The van der Waals surface area contributed by atoms with Gasteiger partial charge >= 0.3 is 0 Å². The first-order chi connectivity index (χ1) is 10.2. The van der Waals surface area contributed by atoms with E-state index in [1.807, 2.05) is 18.2 Å². The number of hydrogen-bond donors (Lipinski definition) is 0. The summed E-state index contributed by atoms with van der Waals surface area (Å²) >= 11 is 1.68. The van der Waals surface area contributed by atoms with Crippen LogP contribution in [0.1, 0.15) is 18.0 Å². The molecular weight excluding hydrogens is 278 g/mol. The lowest BCUT2D eigenvalue weighted by Gasteiger charge is -2.11. The molecule has 1 atom stereocenters. The fourth-order valence-electron chi connectivity index (χ4n) is 2.41. The molecule has 0 aliphatic carbocycles. The zero-order chi connectivity index (χ0) is 14.8. The Morgan fingerprint density at radius 2 is 2.19 bits per heavy atom. The topological polar surface area (TPSA) is 49.6 Å². The van der Waals surface area contributed by atoms with Crippen LogP contribution in [0.15, 0.2) is 55.4 Å². The van der Waals surface area contributed by atoms with E-state index >= 15 is 0 Å². The maximum atomic E-state index is 8.94. The van der Waals surface area contributed by atoms with Gasteiger partial charge in [-0.05, 0) is 12.5 Å². The van der Waals surface area contributed by atoms with Crippen molar-refractivity contribution in [2.24, 2.45) is 0 Å². The summed E-state index contributed by atoms with van der Waals surface area (Å²) in [5.74, 6) is -0.0179. The minimum Gasteiger partial charge on any atom is -0.239 e. The van der Waals surface area contributed by atoms with Crippen molar-refractivity contribution in [2.75, 3.05) is 0 Å². The Morgan fingerprint density at radius 3 is 2.95 bits per heavy atom. The molecule has 3 aromatic rings. The number of aromatic nitrogens is 2. The Balaban J connectivity index is 2.20. The zero-order valence-electron chi connectivity index (χ0n) is 11.4. The van der Waals surface area contributed by atoms with Crippen molar-refractivity contribution in [3.63, 3.8) is 0 Å². The van der Waals surface area contributed by atoms with E-state index in [1.54, 1.807) is 17.7 Å². The van der Waals surface area contributed by atoms with Crippen LogP contribution in [0.25, 0.3) is 20.3 Å². The molecule has 3 nitrogen and oxygen atoms in total. The van der Waals surface area contributed by atoms with E-state index in [0.29, 0.717) is 12.0 Å². The van der Waals surface area contributed by atoms with Crippen molar-refractivity contribution in [3.8, 4) is 6.07 Å². The first-order valence-electron chi connectivity index (χ1n) is 6.57. The van der Waals surface area contributed by atoms with E-state index in [-0.39, 0.29) is 5.92 Å². The number of allylic oxidation sites excluding steroid dienone is 2. The molecule has 102 valence electrons. The fourth-order valence-corrected chi connectivity index (χ4v) is 3.62. The first-order valence-corrected chi connectivity index (χ1v) is 7.38. The van der Waals surface area contributed by atoms with Crippen molar-refractivity contribution in [3.05, 3.63) is 61.1 Å². The predicted molar refractivity (Wildman–Crippen MR) is 87.2 cm³/mol. The average molecular weight is 291 g/mol. The standard InChI is InChI=1S/C17H13N3S/c1-3-12(8-11(2)9-18)15-17-16(20-10-19-15)13-6-4-5-7-14(13)21-17/h3-7,10,12H,1-2,8H2. The quantitative estimate of drug-likeness (QED) is 0.522. The second-order valence-corrected chi connectivity index (χ2v) is 5.85. The zero-order valence-corrected chi connectivity index (χ0v) is 12.2. The van der Waals surface area contributed by atoms with Gasteiger partial charge in [0.25, 0.3) is 0 Å². The molecule has 0 saturated heterocycles. The second-order valence-electron chi connectivity index (χ2n) is 4.80. The summed E-state index contributed by atoms with van der Waals surface area (Å²) in [4.78, 5) is 8.86. The van der Waals surface area contributed by atoms with E-state index in [2.05, 4.69) is 41.3 Å². The normalized spacial score (nSPS) is 12.1. The van der Waals surface area contributed by atoms with E-state index in [0.717, 1.165) is 21.3 Å². The van der Waals surface area contributed by atoms with Crippen LogP contribution in [0, 0.1) is 11.3 Å². The molecule has 0 N–H and O–H groups in total. The van der Waals surface area contributed by atoms with Crippen LogP contribution in [-0.4, -0.2) is 9.97 Å². The Labute approximate surface area is 126 Å². The largest absolute Gasteiger partial charge is 0.239 e. The van der Waals surface area contributed by atoms with Gasteiger partial charge in [-0.25, -0.2) is 9.97 Å². The average Bonchev–Trinajstić information content (AvgIpc) is 2.91. The number of hydrogen-bond acceptors (Lipinski definition) is 4. The number of nitrogens with zero attached hydrogens (tertiary/aromatic N) is 3. The van der Waals surface area contributed by atoms with Crippen LogP contribution in [0.3, 0.4) is 0 Å². The maximum Gasteiger partial charge on any atom is 0.116 e. The van der Waals surface area contributed by atoms with Crippen molar-refractivity contribution < 1.29 is 0 Å². The lowest BCUT2D eigenvalue weighted by molar-refractivity contribution is 0.817. The Bertz CT molecular complexity index is 886. The minimum atomic E-state index is -0.0179. The highest BCUT2D eigenvalue weighted by molar-refractivity contribution is 7.25. The SMILES string of the molecule is C=CC(CC(=C)C#N)c1ncnc2c1sc1ccccc12. The smallest absolute Gasteiger partial charge is 0.116 e. The summed E-state index contributed by atoms with van der Waals surface area (Å²) in [6.45, 7) is 7.64. The molecule has 4 heteroatoms. The van der Waals surface area contributed by atoms with E-state index in [1.165, 1.54) is 4.70 Å². The molecule has 0 aliphatic heterocycles. The third kappa shape index (κ3) is 2.32. The monoisotopic (exact) mass is 291 g/mol. The van der Waals surface area contributed by atoms with Crippen LogP contribution in [0.5, 0.6) is 0 Å². The summed E-state index contributed by atoms with van der Waals surface area (Å²) in [6.07, 6.45) is 3.96. The second kappa shape index (κ2) is 5.47. The molecule has 2 aromatic heterocycles. The van der Waals surface area contributed by atoms with Crippen molar-refractivity contribution in [2.45, 2.75) is 12.3 Å². The Hall–Kier alpha value is -2.51. The highest BCUT2D eigenvalue weighted by atomic mass is 32.1. The first kappa shape index (κ1) is 13.5. The third-order valence-corrected chi connectivity index (χ3v) is 4.63. The molecule has 0 bridgehead atoms. The summed E-state index contributed by atoms with van der Waals surface area (Å²) < 4.78 is 2.26. The predicted octanol–water partition coefficient (Wildman–Crippen LogP) is 4.58. The van der Waals surface area contributed by atoms with Gasteiger partial charge in [0.2, 0.25) is 0 Å². The fraction of sp³-hybridized carbons (Fsp3) is 0.118. The van der Waals surface area contributed by atoms with E-state index < -0.39 is 0 Å². The van der Waals surface area contributed by atoms with Gasteiger partial charge in [0.05, 0.1) is 22.0 Å². The molecule has 0 amide bonds. The number of thiophene rings is 1. The summed E-state index contributed by atoms with van der Waals surface area (Å²) in [5.41, 5.74) is 2.43. The Morgan fingerprint density at radius 1 is 1.38 bits per heavy atom. The maximum absolute atomic E-state index is 8.94. The molecule has 1 unspecified atom stereocenters. The molecule has 2 heterocycles. The molecule has 0 spiro atoms. The van der Waals surface area contributed by atoms with Crippen LogP contribution in [0.4, 0.5) is 0 Å². The molecule has 21 heavy (non-hydrogen) atoms. The molecule has 0 fully saturated rings. The number of fused-ring (bicyclic) bond motifs is 3. The van der Waals surface area contributed by atoms with Gasteiger partial charge in [-0.1, -0.05) is 30.9 Å². The molecular formula is C17H13N3S. The summed E-state index contributed by atoms with van der Waals surface area (Å²) in [6, 6.07) is 10.3. The molecule has 0 aliphatic rings. The lowest BCUT2D eigenvalue weighted by atomic mass is 9.97. The van der Waals surface area contributed by atoms with Crippen LogP contribution >= 0.6 is 11.3 Å². The number of nitriles is 1. The van der Waals surface area contributed by atoms with Crippen molar-refractivity contribution in [1.29, 1.82) is 5.26 Å². The Kier molecular flexibility index (Phi) is 3.51. The van der Waals surface area contributed by atoms with Crippen LogP contribution < -0.4 is 0 Å².